The number of rotatable bonds is 3. The number of nitrogens with zero attached hydrogens (tertiary/aromatic N) is 1. The van der Waals surface area contributed by atoms with Crippen LogP contribution in [0, 0.1) is 0 Å². The Balaban J connectivity index is 3.03. The Labute approximate surface area is 105 Å². The maximum absolute atomic E-state index is 11.2. The molecule has 1 heterocycles. The van der Waals surface area contributed by atoms with Gasteiger partial charge in [0.2, 0.25) is 0 Å². The van der Waals surface area contributed by atoms with Crippen LogP contribution < -0.4 is 0 Å². The van der Waals surface area contributed by atoms with Crippen LogP contribution in [0.2, 0.25) is 0 Å². The van der Waals surface area contributed by atoms with Crippen molar-refractivity contribution >= 4 is 28.8 Å². The molecule has 0 aliphatic heterocycles. The molecule has 1 aromatic carbocycles. The van der Waals surface area contributed by atoms with Gasteiger partial charge in [0.05, 0.1) is 22.2 Å². The van der Waals surface area contributed by atoms with E-state index in [0.29, 0.717) is 0 Å². The number of benzene rings is 1. The third kappa shape index (κ3) is 1.97. The number of hydrogen-bond donors (Lipinski definition) is 3. The molecule has 7 heteroatoms. The van der Waals surface area contributed by atoms with Crippen LogP contribution in [-0.4, -0.2) is 38.2 Å². The van der Waals surface area contributed by atoms with Crippen LogP contribution in [0.15, 0.2) is 24.4 Å². The number of carbonyl (C=O) groups is 3. The van der Waals surface area contributed by atoms with E-state index < -0.39 is 29.0 Å². The van der Waals surface area contributed by atoms with Crippen LogP contribution in [0.5, 0.6) is 0 Å². The summed E-state index contributed by atoms with van der Waals surface area (Å²) < 4.78 is 0. The van der Waals surface area contributed by atoms with Crippen molar-refractivity contribution in [2.75, 3.05) is 0 Å². The standard InChI is InChI=1S/C12H7NO6/c14-10(15)6-4-7(11(16)17)9-5(2-1-3-13-9)8(6)12(18)19/h1-4H,(H,14,15)(H,16,17)(H,18,19). The third-order valence-corrected chi connectivity index (χ3v) is 2.56. The van der Waals surface area contributed by atoms with E-state index in [9.17, 15) is 14.4 Å². The SMILES string of the molecule is O=C(O)c1cc(C(=O)O)c2ncccc2c1C(=O)O. The highest BCUT2D eigenvalue weighted by Crippen LogP contribution is 2.25. The number of carboxylic acids is 3. The van der Waals surface area contributed by atoms with Gasteiger partial charge in [-0.05, 0) is 12.1 Å². The van der Waals surface area contributed by atoms with E-state index in [4.69, 9.17) is 15.3 Å². The van der Waals surface area contributed by atoms with Crippen LogP contribution in [0.1, 0.15) is 31.1 Å². The first-order valence-electron chi connectivity index (χ1n) is 5.05. The molecule has 0 radical (unpaired) electrons. The minimum atomic E-state index is -1.51. The van der Waals surface area contributed by atoms with Gasteiger partial charge in [-0.2, -0.15) is 0 Å². The lowest BCUT2D eigenvalue weighted by molar-refractivity contribution is 0.0651. The van der Waals surface area contributed by atoms with Gasteiger partial charge < -0.3 is 15.3 Å². The number of aromatic carboxylic acids is 3. The van der Waals surface area contributed by atoms with Gasteiger partial charge in [0.15, 0.2) is 0 Å². The van der Waals surface area contributed by atoms with Crippen molar-refractivity contribution in [2.45, 2.75) is 0 Å². The Hall–Kier alpha value is -2.96. The predicted molar refractivity (Wildman–Crippen MR) is 62.6 cm³/mol. The van der Waals surface area contributed by atoms with E-state index in [1.54, 1.807) is 0 Å². The first kappa shape index (κ1) is 12.5. The maximum Gasteiger partial charge on any atom is 0.337 e. The number of aromatic nitrogens is 1. The molecule has 0 saturated carbocycles. The van der Waals surface area contributed by atoms with Crippen LogP contribution >= 0.6 is 0 Å². The molecule has 2 aromatic rings. The lowest BCUT2D eigenvalue weighted by Gasteiger charge is -2.08. The summed E-state index contributed by atoms with van der Waals surface area (Å²) >= 11 is 0. The van der Waals surface area contributed by atoms with Gasteiger partial charge in [-0.3, -0.25) is 4.98 Å². The van der Waals surface area contributed by atoms with Gasteiger partial charge in [-0.1, -0.05) is 6.07 Å². The Morgan fingerprint density at radius 3 is 2.11 bits per heavy atom. The minimum absolute atomic E-state index is 0.0210. The van der Waals surface area contributed by atoms with E-state index in [0.717, 1.165) is 6.07 Å². The van der Waals surface area contributed by atoms with Crippen LogP contribution in [0.3, 0.4) is 0 Å². The van der Waals surface area contributed by atoms with E-state index in [2.05, 4.69) is 4.98 Å². The average molecular weight is 261 g/mol. The van der Waals surface area contributed by atoms with Gasteiger partial charge in [0.1, 0.15) is 0 Å². The molecule has 7 nitrogen and oxygen atoms in total. The highest BCUT2D eigenvalue weighted by Gasteiger charge is 2.24. The Kier molecular flexibility index (Phi) is 2.88. The topological polar surface area (TPSA) is 125 Å². The van der Waals surface area contributed by atoms with Crippen LogP contribution in [-0.2, 0) is 0 Å². The molecular weight excluding hydrogens is 254 g/mol. The average Bonchev–Trinajstić information content (AvgIpc) is 2.35. The molecule has 0 unspecified atom stereocenters. The van der Waals surface area contributed by atoms with Crippen molar-refractivity contribution in [3.8, 4) is 0 Å². The zero-order valence-electron chi connectivity index (χ0n) is 9.32. The summed E-state index contributed by atoms with van der Waals surface area (Å²) in [5.41, 5.74) is -1.46. The summed E-state index contributed by atoms with van der Waals surface area (Å²) in [6.07, 6.45) is 1.31. The molecule has 2 rings (SSSR count). The molecule has 19 heavy (non-hydrogen) atoms. The Bertz CT molecular complexity index is 721. The summed E-state index contributed by atoms with van der Waals surface area (Å²) in [5.74, 6) is -4.33. The predicted octanol–water partition coefficient (Wildman–Crippen LogP) is 1.33. The van der Waals surface area contributed by atoms with Crippen molar-refractivity contribution in [1.82, 2.24) is 4.98 Å². The molecule has 0 atom stereocenters. The Morgan fingerprint density at radius 2 is 1.58 bits per heavy atom. The number of carboxylic acid groups (broad SMARTS) is 3. The fourth-order valence-corrected chi connectivity index (χ4v) is 1.81. The summed E-state index contributed by atoms with van der Waals surface area (Å²) in [6, 6.07) is 3.54. The molecule has 0 aliphatic rings. The second kappa shape index (κ2) is 4.37. The third-order valence-electron chi connectivity index (χ3n) is 2.56. The van der Waals surface area contributed by atoms with E-state index >= 15 is 0 Å². The van der Waals surface area contributed by atoms with Crippen molar-refractivity contribution in [3.05, 3.63) is 41.1 Å². The van der Waals surface area contributed by atoms with Gasteiger partial charge in [0.25, 0.3) is 0 Å². The quantitative estimate of drug-likeness (QED) is 0.760. The lowest BCUT2D eigenvalue weighted by Crippen LogP contribution is -2.12. The molecular formula is C12H7NO6. The lowest BCUT2D eigenvalue weighted by atomic mass is 9.97. The fourth-order valence-electron chi connectivity index (χ4n) is 1.81. The molecule has 0 spiro atoms. The van der Waals surface area contributed by atoms with E-state index in [-0.39, 0.29) is 16.5 Å². The second-order valence-corrected chi connectivity index (χ2v) is 3.66. The summed E-state index contributed by atoms with van der Waals surface area (Å²) in [6.45, 7) is 0. The zero-order chi connectivity index (χ0) is 14.2. The first-order valence-corrected chi connectivity index (χ1v) is 5.05. The van der Waals surface area contributed by atoms with Crippen molar-refractivity contribution in [3.63, 3.8) is 0 Å². The molecule has 0 aliphatic carbocycles. The highest BCUT2D eigenvalue weighted by atomic mass is 16.4. The molecule has 3 N–H and O–H groups in total. The first-order chi connectivity index (χ1) is 8.93. The van der Waals surface area contributed by atoms with E-state index in [1.165, 1.54) is 18.3 Å². The van der Waals surface area contributed by atoms with Crippen molar-refractivity contribution < 1.29 is 29.7 Å². The largest absolute Gasteiger partial charge is 0.478 e. The van der Waals surface area contributed by atoms with E-state index in [1.807, 2.05) is 0 Å². The Morgan fingerprint density at radius 1 is 0.947 bits per heavy atom. The van der Waals surface area contributed by atoms with Crippen LogP contribution in [0.25, 0.3) is 10.9 Å². The molecule has 0 fully saturated rings. The summed E-state index contributed by atoms with van der Waals surface area (Å²) in [5, 5.41) is 27.1. The minimum Gasteiger partial charge on any atom is -0.478 e. The zero-order valence-corrected chi connectivity index (χ0v) is 9.32. The number of fused-ring (bicyclic) bond motifs is 1. The van der Waals surface area contributed by atoms with Crippen molar-refractivity contribution in [2.24, 2.45) is 0 Å². The normalized spacial score (nSPS) is 10.3. The smallest absolute Gasteiger partial charge is 0.337 e. The summed E-state index contributed by atoms with van der Waals surface area (Å²) in [7, 11) is 0. The van der Waals surface area contributed by atoms with Crippen molar-refractivity contribution in [1.29, 1.82) is 0 Å². The molecule has 0 saturated heterocycles. The monoisotopic (exact) mass is 261 g/mol. The maximum atomic E-state index is 11.2. The van der Waals surface area contributed by atoms with Gasteiger partial charge in [-0.15, -0.1) is 0 Å². The van der Waals surface area contributed by atoms with Crippen LogP contribution in [0.4, 0.5) is 0 Å². The van der Waals surface area contributed by atoms with Gasteiger partial charge in [-0.25, -0.2) is 14.4 Å². The molecule has 0 amide bonds. The van der Waals surface area contributed by atoms with Gasteiger partial charge >= 0.3 is 17.9 Å². The fraction of sp³-hybridized carbons (Fsp3) is 0. The second-order valence-electron chi connectivity index (χ2n) is 3.66. The molecule has 1 aromatic heterocycles. The molecule has 96 valence electrons. The number of hydrogen-bond acceptors (Lipinski definition) is 4. The summed E-state index contributed by atoms with van der Waals surface area (Å²) in [4.78, 5) is 37.2. The molecule has 0 bridgehead atoms. The van der Waals surface area contributed by atoms with Gasteiger partial charge in [0, 0.05) is 11.6 Å². The number of pyridine rings is 1. The highest BCUT2D eigenvalue weighted by molar-refractivity contribution is 6.15.